The summed E-state index contributed by atoms with van der Waals surface area (Å²) in [6.45, 7) is 1.68. The second-order valence-electron chi connectivity index (χ2n) is 4.30. The average molecular weight is 342 g/mol. The van der Waals surface area contributed by atoms with Crippen LogP contribution in [0.3, 0.4) is 0 Å². The predicted molar refractivity (Wildman–Crippen MR) is 72.7 cm³/mol. The molecule has 1 saturated heterocycles. The van der Waals surface area contributed by atoms with Gasteiger partial charge in [0.2, 0.25) is 0 Å². The minimum Gasteiger partial charge on any atom is -0.383 e. The zero-order valence-electron chi connectivity index (χ0n) is 9.87. The number of ether oxygens (including phenoxy) is 2. The van der Waals surface area contributed by atoms with Gasteiger partial charge in [0.15, 0.2) is 6.29 Å². The van der Waals surface area contributed by atoms with E-state index in [1.807, 2.05) is 0 Å². The largest absolute Gasteiger partial charge is 0.383 e. The monoisotopic (exact) mass is 342 g/mol. The van der Waals surface area contributed by atoms with Crippen LogP contribution in [0.2, 0.25) is 0 Å². The normalized spacial score (nSPS) is 23.2. The first-order valence-corrected chi connectivity index (χ1v) is 7.59. The Bertz CT molecular complexity index is 158. The second-order valence-corrected chi connectivity index (χ2v) is 5.74. The smallest absolute Gasteiger partial charge is 0.157 e. The first-order chi connectivity index (χ1) is 7.79. The van der Waals surface area contributed by atoms with E-state index in [1.54, 1.807) is 0 Å². The van der Waals surface area contributed by atoms with Crippen LogP contribution in [-0.2, 0) is 9.47 Å². The molecule has 1 rings (SSSR count). The summed E-state index contributed by atoms with van der Waals surface area (Å²) in [5.74, 6) is 0. The Kier molecular flexibility index (Phi) is 8.82. The van der Waals surface area contributed by atoms with Gasteiger partial charge in [-0.2, -0.15) is 0 Å². The van der Waals surface area contributed by atoms with E-state index in [0.29, 0.717) is 0 Å². The number of hydrogen-bond donors (Lipinski definition) is 1. The molecule has 0 aromatic rings. The van der Waals surface area contributed by atoms with Crippen molar-refractivity contribution in [2.75, 3.05) is 13.2 Å². The molecule has 16 heavy (non-hydrogen) atoms. The van der Waals surface area contributed by atoms with E-state index >= 15 is 0 Å². The highest BCUT2D eigenvalue weighted by Crippen LogP contribution is 2.14. The molecule has 3 nitrogen and oxygen atoms in total. The number of aliphatic hydroxyl groups excluding tert-OH is 1. The molecule has 1 N–H and O–H groups in total. The maximum Gasteiger partial charge on any atom is 0.157 e. The molecule has 96 valence electrons. The summed E-state index contributed by atoms with van der Waals surface area (Å²) in [5, 5.41) is 9.07. The van der Waals surface area contributed by atoms with Crippen LogP contribution >= 0.6 is 22.6 Å². The lowest BCUT2D eigenvalue weighted by Crippen LogP contribution is -2.22. The van der Waals surface area contributed by atoms with Crippen molar-refractivity contribution in [3.05, 3.63) is 0 Å². The van der Waals surface area contributed by atoms with Gasteiger partial charge in [-0.05, 0) is 32.1 Å². The van der Waals surface area contributed by atoms with E-state index in [-0.39, 0.29) is 10.4 Å². The van der Waals surface area contributed by atoms with Crippen LogP contribution in [-0.4, -0.2) is 28.7 Å². The topological polar surface area (TPSA) is 38.7 Å². The van der Waals surface area contributed by atoms with Crippen LogP contribution in [0.15, 0.2) is 0 Å². The summed E-state index contributed by atoms with van der Waals surface area (Å²) in [6, 6.07) is 0. The molecule has 0 saturated carbocycles. The van der Waals surface area contributed by atoms with Crippen molar-refractivity contribution in [1.29, 1.82) is 0 Å². The third-order valence-electron chi connectivity index (χ3n) is 2.78. The van der Waals surface area contributed by atoms with Gasteiger partial charge in [-0.1, -0.05) is 41.9 Å². The summed E-state index contributed by atoms with van der Waals surface area (Å²) in [5.41, 5.74) is 0. The molecule has 2 unspecified atom stereocenters. The van der Waals surface area contributed by atoms with Gasteiger partial charge in [-0.15, -0.1) is 0 Å². The van der Waals surface area contributed by atoms with Crippen LogP contribution in [0, 0.1) is 0 Å². The van der Waals surface area contributed by atoms with Gasteiger partial charge in [-0.3, -0.25) is 0 Å². The summed E-state index contributed by atoms with van der Waals surface area (Å²) in [6.07, 6.45) is 9.04. The number of alkyl halides is 1. The third-order valence-corrected chi connectivity index (χ3v) is 3.40. The predicted octanol–water partition coefficient (Wildman–Crippen LogP) is 3.23. The Balaban J connectivity index is 1.80. The van der Waals surface area contributed by atoms with Crippen LogP contribution in [0.4, 0.5) is 0 Å². The van der Waals surface area contributed by atoms with Crippen molar-refractivity contribution < 1.29 is 14.6 Å². The van der Waals surface area contributed by atoms with Gasteiger partial charge >= 0.3 is 0 Å². The minimum absolute atomic E-state index is 0.0601. The summed E-state index contributed by atoms with van der Waals surface area (Å²) in [4.78, 5) is 0. The van der Waals surface area contributed by atoms with E-state index in [4.69, 9.17) is 14.6 Å². The maximum absolute atomic E-state index is 9.07. The SMILES string of the molecule is OC(I)CCCCCCOC1CCCCO1. The molecule has 0 radical (unpaired) electrons. The van der Waals surface area contributed by atoms with E-state index in [2.05, 4.69) is 22.6 Å². The van der Waals surface area contributed by atoms with Crippen molar-refractivity contribution in [2.24, 2.45) is 0 Å². The molecule has 1 aliphatic rings. The third kappa shape index (κ3) is 7.81. The van der Waals surface area contributed by atoms with E-state index < -0.39 is 0 Å². The van der Waals surface area contributed by atoms with E-state index in [9.17, 15) is 0 Å². The number of aliphatic hydroxyl groups is 1. The van der Waals surface area contributed by atoms with Crippen LogP contribution in [0.5, 0.6) is 0 Å². The van der Waals surface area contributed by atoms with Crippen LogP contribution in [0.1, 0.15) is 51.4 Å². The Morgan fingerprint density at radius 2 is 2.06 bits per heavy atom. The number of halogens is 1. The number of rotatable bonds is 8. The quantitative estimate of drug-likeness (QED) is 0.418. The molecule has 1 heterocycles. The van der Waals surface area contributed by atoms with E-state index in [0.717, 1.165) is 38.9 Å². The Morgan fingerprint density at radius 1 is 1.25 bits per heavy atom. The fraction of sp³-hybridized carbons (Fsp3) is 1.00. The lowest BCUT2D eigenvalue weighted by molar-refractivity contribution is -0.162. The average Bonchev–Trinajstić information content (AvgIpc) is 2.29. The molecule has 0 aliphatic carbocycles. The lowest BCUT2D eigenvalue weighted by Gasteiger charge is -2.22. The minimum atomic E-state index is -0.176. The molecule has 0 aromatic carbocycles. The van der Waals surface area contributed by atoms with Gasteiger partial charge in [0.1, 0.15) is 4.11 Å². The van der Waals surface area contributed by atoms with Crippen molar-refractivity contribution >= 4 is 22.6 Å². The molecular weight excluding hydrogens is 319 g/mol. The Labute approximate surface area is 112 Å². The number of hydrogen-bond acceptors (Lipinski definition) is 3. The zero-order chi connectivity index (χ0) is 11.6. The first-order valence-electron chi connectivity index (χ1n) is 6.34. The highest BCUT2D eigenvalue weighted by molar-refractivity contribution is 14.1. The molecule has 0 amide bonds. The van der Waals surface area contributed by atoms with Gasteiger partial charge in [-0.25, -0.2) is 0 Å². The van der Waals surface area contributed by atoms with Crippen LogP contribution < -0.4 is 0 Å². The molecule has 0 bridgehead atoms. The summed E-state index contributed by atoms with van der Waals surface area (Å²) < 4.78 is 10.9. The molecule has 2 atom stereocenters. The Hall–Kier alpha value is 0.610. The van der Waals surface area contributed by atoms with Crippen molar-refractivity contribution in [1.82, 2.24) is 0 Å². The molecule has 1 fully saturated rings. The van der Waals surface area contributed by atoms with Crippen molar-refractivity contribution in [3.63, 3.8) is 0 Å². The zero-order valence-corrected chi connectivity index (χ0v) is 12.0. The van der Waals surface area contributed by atoms with Gasteiger partial charge < -0.3 is 14.6 Å². The van der Waals surface area contributed by atoms with Gasteiger partial charge in [0.05, 0.1) is 0 Å². The fourth-order valence-corrected chi connectivity index (χ4v) is 2.27. The highest BCUT2D eigenvalue weighted by Gasteiger charge is 2.13. The molecule has 1 aliphatic heterocycles. The number of unbranched alkanes of at least 4 members (excludes halogenated alkanes) is 3. The van der Waals surface area contributed by atoms with Crippen molar-refractivity contribution in [3.8, 4) is 0 Å². The molecule has 0 aromatic heterocycles. The van der Waals surface area contributed by atoms with Gasteiger partial charge in [0, 0.05) is 13.2 Å². The molecule has 4 heteroatoms. The lowest BCUT2D eigenvalue weighted by atomic mass is 10.1. The van der Waals surface area contributed by atoms with Gasteiger partial charge in [0.25, 0.3) is 0 Å². The highest BCUT2D eigenvalue weighted by atomic mass is 127. The summed E-state index contributed by atoms with van der Waals surface area (Å²) in [7, 11) is 0. The standard InChI is InChI=1S/C12H23IO3/c13-11(14)7-3-1-2-5-9-15-12-8-4-6-10-16-12/h11-12,14H,1-10H2. The van der Waals surface area contributed by atoms with E-state index in [1.165, 1.54) is 25.7 Å². The maximum atomic E-state index is 9.07. The molecular formula is C12H23IO3. The summed E-state index contributed by atoms with van der Waals surface area (Å²) >= 11 is 2.05. The van der Waals surface area contributed by atoms with Crippen LogP contribution in [0.25, 0.3) is 0 Å². The first kappa shape index (κ1) is 14.7. The Morgan fingerprint density at radius 3 is 2.75 bits per heavy atom. The van der Waals surface area contributed by atoms with Crippen molar-refractivity contribution in [2.45, 2.75) is 61.8 Å². The molecule has 0 spiro atoms. The second kappa shape index (κ2) is 9.62. The fourth-order valence-electron chi connectivity index (χ4n) is 1.83.